The van der Waals surface area contributed by atoms with Crippen molar-refractivity contribution in [1.82, 2.24) is 15.2 Å². The summed E-state index contributed by atoms with van der Waals surface area (Å²) in [6, 6.07) is 0.718. The molecule has 0 fully saturated rings. The second kappa shape index (κ2) is 7.84. The number of fused-ring (bicyclic) bond motifs is 1. The number of pyridine rings is 1. The number of aliphatic carboxylic acids is 2. The van der Waals surface area contributed by atoms with Crippen molar-refractivity contribution in [3.05, 3.63) is 23.7 Å². The minimum atomic E-state index is -1.17. The van der Waals surface area contributed by atoms with Crippen LogP contribution in [0.3, 0.4) is 0 Å². The van der Waals surface area contributed by atoms with Gasteiger partial charge in [-0.2, -0.15) is 5.10 Å². The maximum Gasteiger partial charge on any atom is 0.320 e. The zero-order valence-corrected chi connectivity index (χ0v) is 12.3. The lowest BCUT2D eigenvalue weighted by atomic mass is 10.2. The average molecular weight is 323 g/mol. The Morgan fingerprint density at radius 3 is 2.52 bits per heavy atom. The molecule has 0 saturated heterocycles. The van der Waals surface area contributed by atoms with Crippen molar-refractivity contribution in [3.8, 4) is 0 Å². The number of aryl methyl sites for hydroxylation is 1. The Kier molecular flexibility index (Phi) is 6.15. The topological polar surface area (TPSA) is 185 Å². The number of carboxylic acids is 2. The predicted octanol–water partition coefficient (Wildman–Crippen LogP) is -0.372. The van der Waals surface area contributed by atoms with Gasteiger partial charge in [0.2, 0.25) is 0 Å². The van der Waals surface area contributed by atoms with Crippen LogP contribution in [-0.2, 0) is 9.59 Å². The lowest BCUT2D eigenvalue weighted by molar-refractivity contribution is -0.139. The highest BCUT2D eigenvalue weighted by molar-refractivity contribution is 6.03. The minimum absolute atomic E-state index is 0.0231. The van der Waals surface area contributed by atoms with Crippen molar-refractivity contribution >= 4 is 28.7 Å². The SMILES string of the molecule is Cc1cc2c(C(N)=O)n[nH]c2cn1.N[C@@H](CCC(=O)O)C(=O)O. The lowest BCUT2D eigenvalue weighted by Crippen LogP contribution is -2.30. The fraction of sp³-hybridized carbons (Fsp3) is 0.308. The van der Waals surface area contributed by atoms with Gasteiger partial charge >= 0.3 is 11.9 Å². The van der Waals surface area contributed by atoms with E-state index >= 15 is 0 Å². The van der Waals surface area contributed by atoms with Gasteiger partial charge in [-0.1, -0.05) is 0 Å². The standard InChI is InChI=1S/C8H8N4O.C5H9NO4/c1-4-2-5-6(3-10-4)11-12-7(5)8(9)13;6-3(5(9)10)1-2-4(7)8/h2-3H,1H3,(H2,9,13)(H,11,12);3H,1-2,6H2,(H,7,8)(H,9,10)/t;3-/m.0/s1. The molecule has 0 unspecified atom stereocenters. The maximum absolute atomic E-state index is 10.9. The number of aromatic nitrogens is 3. The Balaban J connectivity index is 0.000000241. The summed E-state index contributed by atoms with van der Waals surface area (Å²) in [5.74, 6) is -2.73. The van der Waals surface area contributed by atoms with Gasteiger partial charge in [-0.3, -0.25) is 24.5 Å². The van der Waals surface area contributed by atoms with Crippen LogP contribution in [0.4, 0.5) is 0 Å². The van der Waals surface area contributed by atoms with Gasteiger partial charge < -0.3 is 21.7 Å². The monoisotopic (exact) mass is 323 g/mol. The molecule has 1 amide bonds. The molecule has 124 valence electrons. The zero-order chi connectivity index (χ0) is 17.6. The van der Waals surface area contributed by atoms with Crippen molar-refractivity contribution < 1.29 is 24.6 Å². The van der Waals surface area contributed by atoms with Crippen molar-refractivity contribution in [2.45, 2.75) is 25.8 Å². The number of hydrogen-bond acceptors (Lipinski definition) is 6. The van der Waals surface area contributed by atoms with E-state index in [0.717, 1.165) is 16.6 Å². The van der Waals surface area contributed by atoms with Crippen molar-refractivity contribution in [2.75, 3.05) is 0 Å². The van der Waals surface area contributed by atoms with Gasteiger partial charge in [-0.05, 0) is 19.4 Å². The second-order valence-corrected chi connectivity index (χ2v) is 4.68. The summed E-state index contributed by atoms with van der Waals surface area (Å²) in [5, 5.41) is 23.5. The number of rotatable bonds is 5. The lowest BCUT2D eigenvalue weighted by Gasteiger charge is -2.01. The molecule has 0 bridgehead atoms. The molecule has 0 aliphatic carbocycles. The molecule has 10 heteroatoms. The summed E-state index contributed by atoms with van der Waals surface area (Å²) >= 11 is 0. The van der Waals surface area contributed by atoms with Crippen LogP contribution in [-0.4, -0.2) is 49.3 Å². The van der Waals surface area contributed by atoms with Crippen LogP contribution in [0.15, 0.2) is 12.3 Å². The zero-order valence-electron chi connectivity index (χ0n) is 12.3. The number of aromatic amines is 1. The van der Waals surface area contributed by atoms with E-state index in [1.807, 2.05) is 6.92 Å². The predicted molar refractivity (Wildman–Crippen MR) is 79.6 cm³/mol. The molecule has 2 aromatic rings. The van der Waals surface area contributed by atoms with Gasteiger partial charge in [-0.15, -0.1) is 0 Å². The Labute approximate surface area is 130 Å². The Morgan fingerprint density at radius 2 is 2.00 bits per heavy atom. The molecule has 23 heavy (non-hydrogen) atoms. The molecular formula is C13H17N5O5. The molecule has 0 aliphatic heterocycles. The van der Waals surface area contributed by atoms with Crippen LogP contribution >= 0.6 is 0 Å². The molecule has 7 N–H and O–H groups in total. The number of carbonyl (C=O) groups excluding carboxylic acids is 1. The Morgan fingerprint density at radius 1 is 1.35 bits per heavy atom. The van der Waals surface area contributed by atoms with E-state index in [-0.39, 0.29) is 18.5 Å². The first-order valence-electron chi connectivity index (χ1n) is 6.53. The Bertz CT molecular complexity index is 727. The van der Waals surface area contributed by atoms with E-state index in [4.69, 9.17) is 21.7 Å². The van der Waals surface area contributed by atoms with Gasteiger partial charge in [0.15, 0.2) is 5.69 Å². The second-order valence-electron chi connectivity index (χ2n) is 4.68. The van der Waals surface area contributed by atoms with Crippen LogP contribution in [0.25, 0.3) is 10.9 Å². The van der Waals surface area contributed by atoms with Gasteiger partial charge in [0.05, 0.1) is 11.7 Å². The third-order valence-corrected chi connectivity index (χ3v) is 2.80. The number of carbonyl (C=O) groups is 3. The highest BCUT2D eigenvalue weighted by Gasteiger charge is 2.12. The molecule has 0 radical (unpaired) electrons. The molecule has 0 aromatic carbocycles. The Hall–Kier alpha value is -3.01. The fourth-order valence-corrected chi connectivity index (χ4v) is 1.61. The molecule has 2 rings (SSSR count). The number of hydrogen-bond donors (Lipinski definition) is 5. The number of nitrogens with one attached hydrogen (secondary N) is 1. The summed E-state index contributed by atoms with van der Waals surface area (Å²) in [4.78, 5) is 34.8. The van der Waals surface area contributed by atoms with Crippen molar-refractivity contribution in [2.24, 2.45) is 11.5 Å². The first-order chi connectivity index (χ1) is 10.7. The highest BCUT2D eigenvalue weighted by atomic mass is 16.4. The van der Waals surface area contributed by atoms with Crippen LogP contribution in [0.1, 0.15) is 29.0 Å². The third-order valence-electron chi connectivity index (χ3n) is 2.80. The van der Waals surface area contributed by atoms with Crippen LogP contribution < -0.4 is 11.5 Å². The van der Waals surface area contributed by atoms with Gasteiger partial charge in [-0.25, -0.2) is 0 Å². The molecule has 0 saturated carbocycles. The number of nitrogens with zero attached hydrogens (tertiary/aromatic N) is 2. The number of carboxylic acid groups (broad SMARTS) is 2. The summed E-state index contributed by atoms with van der Waals surface area (Å²) in [6.45, 7) is 1.84. The quantitative estimate of drug-likeness (QED) is 0.493. The summed E-state index contributed by atoms with van der Waals surface area (Å²) in [6.07, 6.45) is 1.40. The van der Waals surface area contributed by atoms with Crippen molar-refractivity contribution in [1.29, 1.82) is 0 Å². The molecule has 1 atom stereocenters. The minimum Gasteiger partial charge on any atom is -0.481 e. The highest BCUT2D eigenvalue weighted by Crippen LogP contribution is 2.14. The average Bonchev–Trinajstić information content (AvgIpc) is 2.88. The normalized spacial score (nSPS) is 11.4. The fourth-order valence-electron chi connectivity index (χ4n) is 1.61. The van der Waals surface area contributed by atoms with E-state index in [1.165, 1.54) is 0 Å². The third kappa shape index (κ3) is 5.36. The first kappa shape index (κ1) is 18.0. The molecule has 0 spiro atoms. The maximum atomic E-state index is 10.9. The molecular weight excluding hydrogens is 306 g/mol. The molecule has 2 aromatic heterocycles. The summed E-state index contributed by atoms with van der Waals surface area (Å²) in [7, 11) is 0. The first-order valence-corrected chi connectivity index (χ1v) is 6.53. The van der Waals surface area contributed by atoms with Crippen LogP contribution in [0.5, 0.6) is 0 Å². The van der Waals surface area contributed by atoms with Gasteiger partial charge in [0, 0.05) is 17.5 Å². The molecule has 0 aliphatic rings. The molecule has 10 nitrogen and oxygen atoms in total. The van der Waals surface area contributed by atoms with E-state index in [9.17, 15) is 14.4 Å². The number of primary amides is 1. The summed E-state index contributed by atoms with van der Waals surface area (Å²) in [5.41, 5.74) is 12.0. The number of H-pyrrole nitrogens is 1. The van der Waals surface area contributed by atoms with E-state index in [2.05, 4.69) is 15.2 Å². The van der Waals surface area contributed by atoms with Gasteiger partial charge in [0.25, 0.3) is 5.91 Å². The van der Waals surface area contributed by atoms with E-state index < -0.39 is 23.9 Å². The smallest absolute Gasteiger partial charge is 0.320 e. The molecule has 2 heterocycles. The van der Waals surface area contributed by atoms with E-state index in [0.29, 0.717) is 0 Å². The summed E-state index contributed by atoms with van der Waals surface area (Å²) < 4.78 is 0. The van der Waals surface area contributed by atoms with E-state index in [1.54, 1.807) is 12.3 Å². The van der Waals surface area contributed by atoms with Crippen LogP contribution in [0.2, 0.25) is 0 Å². The largest absolute Gasteiger partial charge is 0.481 e. The van der Waals surface area contributed by atoms with Gasteiger partial charge in [0.1, 0.15) is 6.04 Å². The number of nitrogens with two attached hydrogens (primary N) is 2. The van der Waals surface area contributed by atoms with Crippen LogP contribution in [0, 0.1) is 6.92 Å². The number of amides is 1. The van der Waals surface area contributed by atoms with Crippen molar-refractivity contribution in [3.63, 3.8) is 0 Å².